The summed E-state index contributed by atoms with van der Waals surface area (Å²) < 4.78 is 0. The standard InChI is InChI=1S/C18H16N4O3/c1-11(20-13-7-5-6-12(19)10-13)15-16(23)21-18(25)22(17(15)24)14-8-3-2-4-9-14/h2-10,15,20H,1,19H2,(H,21,23,25)/t15-/m0/s1. The van der Waals surface area contributed by atoms with Crippen molar-refractivity contribution in [1.82, 2.24) is 5.32 Å². The van der Waals surface area contributed by atoms with Crippen molar-refractivity contribution in [3.8, 4) is 0 Å². The summed E-state index contributed by atoms with van der Waals surface area (Å²) in [4.78, 5) is 38.0. The Labute approximate surface area is 144 Å². The molecule has 0 spiro atoms. The number of nitrogens with two attached hydrogens (primary N) is 1. The monoisotopic (exact) mass is 336 g/mol. The van der Waals surface area contributed by atoms with E-state index in [-0.39, 0.29) is 5.70 Å². The van der Waals surface area contributed by atoms with Crippen LogP contribution in [-0.4, -0.2) is 17.8 Å². The quantitative estimate of drug-likeness (QED) is 0.586. The first-order chi connectivity index (χ1) is 12.0. The van der Waals surface area contributed by atoms with Crippen molar-refractivity contribution in [2.45, 2.75) is 0 Å². The zero-order valence-corrected chi connectivity index (χ0v) is 13.2. The highest BCUT2D eigenvalue weighted by atomic mass is 16.2. The molecule has 0 bridgehead atoms. The molecule has 1 saturated heterocycles. The van der Waals surface area contributed by atoms with Crippen molar-refractivity contribution in [3.63, 3.8) is 0 Å². The Morgan fingerprint density at radius 3 is 2.48 bits per heavy atom. The molecule has 0 saturated carbocycles. The maximum absolute atomic E-state index is 12.8. The number of benzene rings is 2. The number of barbiturate groups is 1. The molecular weight excluding hydrogens is 320 g/mol. The number of carbonyl (C=O) groups excluding carboxylic acids is 3. The van der Waals surface area contributed by atoms with E-state index >= 15 is 0 Å². The lowest BCUT2D eigenvalue weighted by Crippen LogP contribution is -2.59. The molecule has 25 heavy (non-hydrogen) atoms. The van der Waals surface area contributed by atoms with Gasteiger partial charge in [0.2, 0.25) is 5.91 Å². The minimum atomic E-state index is -1.24. The van der Waals surface area contributed by atoms with E-state index in [9.17, 15) is 14.4 Å². The normalized spacial score (nSPS) is 17.2. The first-order valence-corrected chi connectivity index (χ1v) is 7.52. The average Bonchev–Trinajstić information content (AvgIpc) is 2.55. The van der Waals surface area contributed by atoms with E-state index < -0.39 is 23.8 Å². The molecular formula is C18H16N4O3. The topological polar surface area (TPSA) is 105 Å². The molecule has 2 aromatic carbocycles. The highest BCUT2D eigenvalue weighted by molar-refractivity contribution is 6.28. The third kappa shape index (κ3) is 3.20. The number of carbonyl (C=O) groups is 3. The van der Waals surface area contributed by atoms with Crippen LogP contribution in [0.2, 0.25) is 0 Å². The number of hydrogen-bond acceptors (Lipinski definition) is 5. The number of anilines is 3. The second-order valence-corrected chi connectivity index (χ2v) is 5.51. The van der Waals surface area contributed by atoms with Crippen LogP contribution in [0, 0.1) is 5.92 Å². The Balaban J connectivity index is 1.87. The largest absolute Gasteiger partial charge is 0.399 e. The fraction of sp³-hybridized carbons (Fsp3) is 0.0556. The van der Waals surface area contributed by atoms with Gasteiger partial charge in [-0.1, -0.05) is 30.8 Å². The number of hydrogen-bond donors (Lipinski definition) is 3. The fourth-order valence-electron chi connectivity index (χ4n) is 2.58. The molecule has 1 atom stereocenters. The lowest BCUT2D eigenvalue weighted by molar-refractivity contribution is -0.132. The van der Waals surface area contributed by atoms with Crippen molar-refractivity contribution in [1.29, 1.82) is 0 Å². The van der Waals surface area contributed by atoms with Gasteiger partial charge < -0.3 is 11.1 Å². The van der Waals surface area contributed by atoms with Crippen LogP contribution in [0.3, 0.4) is 0 Å². The van der Waals surface area contributed by atoms with Crippen molar-refractivity contribution in [2.24, 2.45) is 5.92 Å². The van der Waals surface area contributed by atoms with Crippen LogP contribution in [0.1, 0.15) is 0 Å². The molecule has 4 amide bonds. The maximum atomic E-state index is 12.8. The van der Waals surface area contributed by atoms with Crippen molar-refractivity contribution in [2.75, 3.05) is 16.0 Å². The highest BCUT2D eigenvalue weighted by Gasteiger charge is 2.42. The first kappa shape index (κ1) is 16.3. The molecule has 7 heteroatoms. The third-order valence-corrected chi connectivity index (χ3v) is 3.72. The van der Waals surface area contributed by atoms with Gasteiger partial charge in [-0.2, -0.15) is 0 Å². The van der Waals surface area contributed by atoms with Crippen LogP contribution in [0.25, 0.3) is 0 Å². The molecule has 126 valence electrons. The zero-order valence-electron chi connectivity index (χ0n) is 13.2. The van der Waals surface area contributed by atoms with E-state index in [1.54, 1.807) is 54.6 Å². The lowest BCUT2D eigenvalue weighted by atomic mass is 10.0. The lowest BCUT2D eigenvalue weighted by Gasteiger charge is -2.31. The summed E-state index contributed by atoms with van der Waals surface area (Å²) in [6, 6.07) is 14.4. The van der Waals surface area contributed by atoms with Crippen LogP contribution in [0.4, 0.5) is 21.9 Å². The number of imide groups is 2. The Hall–Kier alpha value is -3.61. The van der Waals surface area contributed by atoms with E-state index in [2.05, 4.69) is 17.2 Å². The highest BCUT2D eigenvalue weighted by Crippen LogP contribution is 2.25. The van der Waals surface area contributed by atoms with Gasteiger partial charge in [0, 0.05) is 17.1 Å². The predicted molar refractivity (Wildman–Crippen MR) is 94.6 cm³/mol. The second kappa shape index (κ2) is 6.48. The predicted octanol–water partition coefficient (Wildman–Crippen LogP) is 2.09. The van der Waals surface area contributed by atoms with Gasteiger partial charge in [-0.05, 0) is 30.3 Å². The van der Waals surface area contributed by atoms with Crippen molar-refractivity contribution < 1.29 is 14.4 Å². The number of nitrogens with zero attached hydrogens (tertiary/aromatic N) is 1. The van der Waals surface area contributed by atoms with Gasteiger partial charge in [-0.25, -0.2) is 9.69 Å². The molecule has 1 aliphatic rings. The number of nitrogens with one attached hydrogen (secondary N) is 2. The number of nitrogen functional groups attached to an aromatic ring is 1. The van der Waals surface area contributed by atoms with Crippen LogP contribution in [0.5, 0.6) is 0 Å². The van der Waals surface area contributed by atoms with E-state index in [0.29, 0.717) is 17.1 Å². The summed E-state index contributed by atoms with van der Waals surface area (Å²) in [6.45, 7) is 3.79. The number of para-hydroxylation sites is 1. The molecule has 1 fully saturated rings. The smallest absolute Gasteiger partial charge is 0.335 e. The number of amides is 4. The Bertz CT molecular complexity index is 864. The van der Waals surface area contributed by atoms with Crippen LogP contribution in [0.15, 0.2) is 66.9 Å². The van der Waals surface area contributed by atoms with E-state index in [1.807, 2.05) is 0 Å². The first-order valence-electron chi connectivity index (χ1n) is 7.52. The van der Waals surface area contributed by atoms with Gasteiger partial charge in [-0.15, -0.1) is 0 Å². The second-order valence-electron chi connectivity index (χ2n) is 5.51. The number of urea groups is 1. The fourth-order valence-corrected chi connectivity index (χ4v) is 2.58. The molecule has 3 rings (SSSR count). The summed E-state index contributed by atoms with van der Waals surface area (Å²) in [5, 5.41) is 5.09. The van der Waals surface area contributed by atoms with Crippen molar-refractivity contribution in [3.05, 3.63) is 66.9 Å². The van der Waals surface area contributed by atoms with Gasteiger partial charge in [0.15, 0.2) is 5.92 Å². The van der Waals surface area contributed by atoms with Crippen LogP contribution >= 0.6 is 0 Å². The minimum absolute atomic E-state index is 0.154. The third-order valence-electron chi connectivity index (χ3n) is 3.72. The molecule has 0 aromatic heterocycles. The van der Waals surface area contributed by atoms with Gasteiger partial charge in [0.05, 0.1) is 5.69 Å². The average molecular weight is 336 g/mol. The molecule has 0 aliphatic carbocycles. The number of rotatable bonds is 4. The zero-order chi connectivity index (χ0) is 18.0. The summed E-state index contributed by atoms with van der Waals surface area (Å²) >= 11 is 0. The molecule has 4 N–H and O–H groups in total. The molecule has 0 radical (unpaired) electrons. The summed E-state index contributed by atoms with van der Waals surface area (Å²) in [6.07, 6.45) is 0. The SMILES string of the molecule is C=C(Nc1cccc(N)c1)[C@H]1C(=O)NC(=O)N(c2ccccc2)C1=O. The Morgan fingerprint density at radius 2 is 1.80 bits per heavy atom. The van der Waals surface area contributed by atoms with E-state index in [1.165, 1.54) is 0 Å². The van der Waals surface area contributed by atoms with E-state index in [4.69, 9.17) is 5.73 Å². The molecule has 7 nitrogen and oxygen atoms in total. The van der Waals surface area contributed by atoms with Gasteiger partial charge in [-0.3, -0.25) is 14.9 Å². The van der Waals surface area contributed by atoms with Crippen LogP contribution in [-0.2, 0) is 9.59 Å². The minimum Gasteiger partial charge on any atom is -0.399 e. The Kier molecular flexibility index (Phi) is 4.21. The van der Waals surface area contributed by atoms with Gasteiger partial charge >= 0.3 is 6.03 Å². The Morgan fingerprint density at radius 1 is 1.08 bits per heavy atom. The molecule has 2 aromatic rings. The summed E-state index contributed by atoms with van der Waals surface area (Å²) in [5.41, 5.74) is 7.36. The van der Waals surface area contributed by atoms with Gasteiger partial charge in [0.25, 0.3) is 5.91 Å². The van der Waals surface area contributed by atoms with Crippen LogP contribution < -0.4 is 21.3 Å². The summed E-state index contributed by atoms with van der Waals surface area (Å²) in [7, 11) is 0. The molecule has 1 aliphatic heterocycles. The molecule has 0 unspecified atom stereocenters. The molecule has 1 heterocycles. The maximum Gasteiger partial charge on any atom is 0.335 e. The van der Waals surface area contributed by atoms with E-state index in [0.717, 1.165) is 4.90 Å². The van der Waals surface area contributed by atoms with Crippen molar-refractivity contribution >= 4 is 34.9 Å². The summed E-state index contributed by atoms with van der Waals surface area (Å²) in [5.74, 6) is -2.62. The van der Waals surface area contributed by atoms with Gasteiger partial charge in [0.1, 0.15) is 0 Å².